The highest BCUT2D eigenvalue weighted by Crippen LogP contribution is 2.20. The molecule has 26 heavy (non-hydrogen) atoms. The Morgan fingerprint density at radius 1 is 1.15 bits per heavy atom. The Morgan fingerprint density at radius 3 is 2.58 bits per heavy atom. The van der Waals surface area contributed by atoms with Crippen LogP contribution in [0.1, 0.15) is 16.2 Å². The number of halogens is 1. The fourth-order valence-electron chi connectivity index (χ4n) is 2.68. The van der Waals surface area contributed by atoms with Crippen LogP contribution in [0.4, 0.5) is 5.69 Å². The first kappa shape index (κ1) is 18.1. The van der Waals surface area contributed by atoms with Crippen molar-refractivity contribution in [3.8, 4) is 0 Å². The number of rotatable bonds is 4. The summed E-state index contributed by atoms with van der Waals surface area (Å²) in [4.78, 5) is 35.9. The molecule has 1 saturated heterocycles. The number of hydrogen-bond donors (Lipinski definition) is 0. The second-order valence-corrected chi connectivity index (χ2v) is 6.40. The number of carbonyl (C=O) groups excluding carboxylic acids is 2. The summed E-state index contributed by atoms with van der Waals surface area (Å²) in [5.74, 6) is -0.868. The van der Waals surface area contributed by atoms with Gasteiger partial charge >= 0.3 is 5.97 Å². The van der Waals surface area contributed by atoms with Crippen molar-refractivity contribution in [2.45, 2.75) is 6.92 Å². The van der Waals surface area contributed by atoms with Crippen LogP contribution in [0, 0.1) is 6.92 Å². The highest BCUT2D eigenvalue weighted by Gasteiger charge is 2.22. The quantitative estimate of drug-likeness (QED) is 0.761. The third-order valence-electron chi connectivity index (χ3n) is 4.12. The van der Waals surface area contributed by atoms with Crippen molar-refractivity contribution in [2.75, 3.05) is 37.7 Å². The molecule has 1 aliphatic rings. The molecule has 2 heterocycles. The molecule has 2 aromatic rings. The van der Waals surface area contributed by atoms with Gasteiger partial charge in [0.05, 0.1) is 11.9 Å². The average molecular weight is 375 g/mol. The Bertz CT molecular complexity index is 789. The average Bonchev–Trinajstić information content (AvgIpc) is 2.66. The molecule has 8 heteroatoms. The first-order valence-corrected chi connectivity index (χ1v) is 8.65. The predicted octanol–water partition coefficient (Wildman–Crippen LogP) is 1.94. The van der Waals surface area contributed by atoms with Crippen molar-refractivity contribution in [2.24, 2.45) is 0 Å². The lowest BCUT2D eigenvalue weighted by atomic mass is 10.2. The lowest BCUT2D eigenvalue weighted by molar-refractivity contribution is -0.134. The molecular formula is C18H19ClN4O3. The SMILES string of the molecule is Cc1cnc(C(=O)OCC(=O)N2CCN(c3cccc(Cl)c3)CC2)cn1. The zero-order chi connectivity index (χ0) is 18.5. The molecule has 0 N–H and O–H groups in total. The number of carbonyl (C=O) groups is 2. The maximum absolute atomic E-state index is 12.3. The molecule has 1 aromatic heterocycles. The van der Waals surface area contributed by atoms with Gasteiger partial charge in [-0.05, 0) is 25.1 Å². The zero-order valence-electron chi connectivity index (χ0n) is 14.4. The van der Waals surface area contributed by atoms with E-state index in [0.29, 0.717) is 36.9 Å². The third kappa shape index (κ3) is 4.49. The largest absolute Gasteiger partial charge is 0.451 e. The number of ether oxygens (including phenoxy) is 1. The van der Waals surface area contributed by atoms with Crippen LogP contribution < -0.4 is 4.90 Å². The molecule has 1 amide bonds. The third-order valence-corrected chi connectivity index (χ3v) is 4.36. The van der Waals surface area contributed by atoms with Crippen molar-refractivity contribution in [3.63, 3.8) is 0 Å². The van der Waals surface area contributed by atoms with E-state index < -0.39 is 5.97 Å². The standard InChI is InChI=1S/C18H19ClN4O3/c1-13-10-21-16(11-20-13)18(25)26-12-17(24)23-7-5-22(6-8-23)15-4-2-3-14(19)9-15/h2-4,9-11H,5-8,12H2,1H3. The van der Waals surface area contributed by atoms with Gasteiger partial charge in [0.25, 0.3) is 5.91 Å². The van der Waals surface area contributed by atoms with E-state index in [1.807, 2.05) is 24.3 Å². The molecule has 136 valence electrons. The number of esters is 1. The summed E-state index contributed by atoms with van der Waals surface area (Å²) < 4.78 is 5.05. The van der Waals surface area contributed by atoms with Gasteiger partial charge in [-0.3, -0.25) is 9.78 Å². The van der Waals surface area contributed by atoms with Crippen LogP contribution in [-0.4, -0.2) is 59.5 Å². The van der Waals surface area contributed by atoms with E-state index in [2.05, 4.69) is 14.9 Å². The summed E-state index contributed by atoms with van der Waals surface area (Å²) in [5, 5.41) is 0.687. The molecular weight excluding hydrogens is 356 g/mol. The molecule has 7 nitrogen and oxygen atoms in total. The molecule has 0 aliphatic carbocycles. The summed E-state index contributed by atoms with van der Waals surface area (Å²) >= 11 is 6.02. The number of aryl methyl sites for hydroxylation is 1. The Balaban J connectivity index is 1.47. The number of aromatic nitrogens is 2. The van der Waals surface area contributed by atoms with Crippen molar-refractivity contribution < 1.29 is 14.3 Å². The topological polar surface area (TPSA) is 75.6 Å². The minimum Gasteiger partial charge on any atom is -0.451 e. The first-order chi connectivity index (χ1) is 12.5. The van der Waals surface area contributed by atoms with Gasteiger partial charge in [0.2, 0.25) is 0 Å². The summed E-state index contributed by atoms with van der Waals surface area (Å²) in [6.07, 6.45) is 2.82. The van der Waals surface area contributed by atoms with Crippen LogP contribution in [0.15, 0.2) is 36.7 Å². The van der Waals surface area contributed by atoms with Gasteiger partial charge in [-0.2, -0.15) is 0 Å². The second-order valence-electron chi connectivity index (χ2n) is 5.97. The normalized spacial score (nSPS) is 14.2. The van der Waals surface area contributed by atoms with E-state index >= 15 is 0 Å². The van der Waals surface area contributed by atoms with E-state index in [4.69, 9.17) is 16.3 Å². The summed E-state index contributed by atoms with van der Waals surface area (Å²) in [6, 6.07) is 7.64. The zero-order valence-corrected chi connectivity index (χ0v) is 15.1. The maximum Gasteiger partial charge on any atom is 0.359 e. The molecule has 1 aliphatic heterocycles. The number of benzene rings is 1. The van der Waals surface area contributed by atoms with E-state index in [1.165, 1.54) is 12.4 Å². The summed E-state index contributed by atoms with van der Waals surface area (Å²) in [7, 11) is 0. The van der Waals surface area contributed by atoms with E-state index in [9.17, 15) is 9.59 Å². The number of hydrogen-bond acceptors (Lipinski definition) is 6. The summed E-state index contributed by atoms with van der Waals surface area (Å²) in [5.41, 5.74) is 1.83. The minimum absolute atomic E-state index is 0.0918. The molecule has 1 aromatic carbocycles. The molecule has 0 saturated carbocycles. The lowest BCUT2D eigenvalue weighted by Crippen LogP contribution is -2.49. The van der Waals surface area contributed by atoms with E-state index in [-0.39, 0.29) is 18.2 Å². The fraction of sp³-hybridized carbons (Fsp3) is 0.333. The van der Waals surface area contributed by atoms with Crippen LogP contribution >= 0.6 is 11.6 Å². The number of anilines is 1. The van der Waals surface area contributed by atoms with Crippen LogP contribution in [0.5, 0.6) is 0 Å². The van der Waals surface area contributed by atoms with Gasteiger partial charge in [0.1, 0.15) is 0 Å². The van der Waals surface area contributed by atoms with Gasteiger partial charge < -0.3 is 14.5 Å². The van der Waals surface area contributed by atoms with Gasteiger partial charge in [-0.1, -0.05) is 17.7 Å². The van der Waals surface area contributed by atoms with Crippen LogP contribution in [0.25, 0.3) is 0 Å². The predicted molar refractivity (Wildman–Crippen MR) is 97.3 cm³/mol. The summed E-state index contributed by atoms with van der Waals surface area (Å²) in [6.45, 7) is 3.99. The molecule has 0 unspecified atom stereocenters. The second kappa shape index (κ2) is 8.14. The Hall–Kier alpha value is -2.67. The van der Waals surface area contributed by atoms with Gasteiger partial charge in [-0.25, -0.2) is 9.78 Å². The molecule has 0 spiro atoms. The van der Waals surface area contributed by atoms with E-state index in [1.54, 1.807) is 11.8 Å². The van der Waals surface area contributed by atoms with Gasteiger partial charge in [0, 0.05) is 43.1 Å². The Labute approximate surface area is 156 Å². The van der Waals surface area contributed by atoms with Gasteiger partial charge in [-0.15, -0.1) is 0 Å². The molecule has 3 rings (SSSR count). The van der Waals surface area contributed by atoms with Crippen molar-refractivity contribution in [1.29, 1.82) is 0 Å². The molecule has 0 radical (unpaired) electrons. The van der Waals surface area contributed by atoms with Crippen LogP contribution in [-0.2, 0) is 9.53 Å². The highest BCUT2D eigenvalue weighted by atomic mass is 35.5. The van der Waals surface area contributed by atoms with Crippen molar-refractivity contribution >= 4 is 29.2 Å². The Morgan fingerprint density at radius 2 is 1.92 bits per heavy atom. The van der Waals surface area contributed by atoms with E-state index in [0.717, 1.165) is 5.69 Å². The first-order valence-electron chi connectivity index (χ1n) is 8.27. The van der Waals surface area contributed by atoms with Gasteiger partial charge in [0.15, 0.2) is 12.3 Å². The molecule has 0 atom stereocenters. The molecule has 0 bridgehead atoms. The number of piperazine rings is 1. The monoisotopic (exact) mass is 374 g/mol. The fourth-order valence-corrected chi connectivity index (χ4v) is 2.86. The molecule has 1 fully saturated rings. The van der Waals surface area contributed by atoms with Crippen LogP contribution in [0.2, 0.25) is 5.02 Å². The number of nitrogens with zero attached hydrogens (tertiary/aromatic N) is 4. The number of amides is 1. The van der Waals surface area contributed by atoms with Crippen molar-refractivity contribution in [1.82, 2.24) is 14.9 Å². The maximum atomic E-state index is 12.3. The smallest absolute Gasteiger partial charge is 0.359 e. The minimum atomic E-state index is -0.650. The van der Waals surface area contributed by atoms with Crippen LogP contribution in [0.3, 0.4) is 0 Å². The lowest BCUT2D eigenvalue weighted by Gasteiger charge is -2.36. The van der Waals surface area contributed by atoms with Crippen molar-refractivity contribution in [3.05, 3.63) is 53.1 Å². The Kier molecular flexibility index (Phi) is 5.68. The highest BCUT2D eigenvalue weighted by molar-refractivity contribution is 6.30.